The molecule has 23 aromatic carbocycles. The maximum atomic E-state index is 2.43. The van der Waals surface area contributed by atoms with E-state index in [1.807, 2.05) is 0 Å². The van der Waals surface area contributed by atoms with Crippen LogP contribution in [0.2, 0.25) is 0 Å². The highest BCUT2D eigenvalue weighted by molar-refractivity contribution is 6.20. The smallest absolute Gasteiger partial charge is 0.0541 e. The fourth-order valence-corrected chi connectivity index (χ4v) is 20.5. The van der Waals surface area contributed by atoms with Crippen molar-refractivity contribution < 1.29 is 0 Å². The summed E-state index contributed by atoms with van der Waals surface area (Å²) in [6, 6.07) is 176. The van der Waals surface area contributed by atoms with Crippen LogP contribution >= 0.6 is 0 Å². The Hall–Kier alpha value is -16.7. The number of nitrogens with zero attached hydrogens (tertiary/aromatic N) is 4. The maximum absolute atomic E-state index is 2.43. The number of hydrogen-bond acceptors (Lipinski definition) is 2. The van der Waals surface area contributed by atoms with Gasteiger partial charge in [-0.2, -0.15) is 0 Å². The lowest BCUT2D eigenvalue weighted by Crippen LogP contribution is -2.10. The minimum absolute atomic E-state index is 1.06. The summed E-state index contributed by atoms with van der Waals surface area (Å²) in [5, 5.41) is 24.6. The Balaban J connectivity index is 0.576. The molecule has 126 heavy (non-hydrogen) atoms. The lowest BCUT2D eigenvalue weighted by atomic mass is 9.89. The Bertz CT molecular complexity index is 8640. The van der Waals surface area contributed by atoms with Crippen LogP contribution in [0.4, 0.5) is 34.1 Å². The molecule has 0 aliphatic carbocycles. The van der Waals surface area contributed by atoms with Crippen molar-refractivity contribution in [3.63, 3.8) is 0 Å². The molecule has 0 bridgehead atoms. The van der Waals surface area contributed by atoms with Gasteiger partial charge in [0.1, 0.15) is 0 Å². The first-order chi connectivity index (χ1) is 62.5. The lowest BCUT2D eigenvalue weighted by molar-refractivity contribution is 1.17. The minimum Gasteiger partial charge on any atom is -0.310 e. The van der Waals surface area contributed by atoms with Crippen LogP contribution in [0.5, 0.6) is 0 Å². The van der Waals surface area contributed by atoms with Crippen molar-refractivity contribution in [1.82, 2.24) is 9.13 Å². The Morgan fingerprint density at radius 3 is 0.889 bits per heavy atom. The van der Waals surface area contributed by atoms with Gasteiger partial charge in [-0.3, -0.25) is 0 Å². The third-order valence-electron chi connectivity index (χ3n) is 26.4. The molecular formula is C122H78N4. The molecule has 0 saturated heterocycles. The zero-order valence-electron chi connectivity index (χ0n) is 68.8. The molecule has 4 nitrogen and oxygen atoms in total. The standard InChI is InChI=1S/C122H78N4/c1-2-29-91(30-3-1)125-121-47-21-18-44-112(121)118-74-83(56-69-122(118)125)79-48-57-92(58-49-79)123(97-31-22-27-85(71-97)115-77-88-25-5-8-34-100(88)104-37-11-14-40-107(104)115)93-61-52-81(53-62-93)114-76-89-26-6-9-35-101(89)117-73-84(55-68-109(114)117)82-54-67-102-90(70-82)78-116(108-41-15-12-38-105(102)108)86-28-23-32-98(72-86)124(95-63-65-96(66-64-95)126-119-45-19-16-42-110(119)111-43-17-20-46-120(111)126)94-59-50-80(51-60-94)113-75-87-24-4-7-33-99(87)103-36-10-13-39-106(103)113/h1-78H. The van der Waals surface area contributed by atoms with E-state index in [0.29, 0.717) is 0 Å². The fraction of sp³-hybridized carbons (Fsp3) is 0. The Kier molecular flexibility index (Phi) is 17.0. The van der Waals surface area contributed by atoms with E-state index in [1.54, 1.807) is 0 Å². The van der Waals surface area contributed by atoms with Crippen LogP contribution in [0, 0.1) is 0 Å². The zero-order chi connectivity index (χ0) is 82.9. The number of benzene rings is 23. The van der Waals surface area contributed by atoms with Gasteiger partial charge in [-0.25, -0.2) is 0 Å². The first kappa shape index (κ1) is 72.2. The van der Waals surface area contributed by atoms with Gasteiger partial charge in [0.15, 0.2) is 0 Å². The molecule has 586 valence electrons. The molecule has 0 unspecified atom stereocenters. The average Bonchev–Trinajstić information content (AvgIpc) is 1.43. The van der Waals surface area contributed by atoms with Crippen LogP contribution in [0.15, 0.2) is 473 Å². The summed E-state index contributed by atoms with van der Waals surface area (Å²) in [7, 11) is 0. The molecule has 0 fully saturated rings. The molecule has 0 aliphatic rings. The Labute approximate surface area is 729 Å². The van der Waals surface area contributed by atoms with Crippen molar-refractivity contribution in [3.05, 3.63) is 473 Å². The lowest BCUT2D eigenvalue weighted by Gasteiger charge is -2.27. The summed E-state index contributed by atoms with van der Waals surface area (Å²) >= 11 is 0. The van der Waals surface area contributed by atoms with E-state index < -0.39 is 0 Å². The van der Waals surface area contributed by atoms with Crippen molar-refractivity contribution in [2.75, 3.05) is 9.80 Å². The van der Waals surface area contributed by atoms with Gasteiger partial charge in [0.2, 0.25) is 0 Å². The van der Waals surface area contributed by atoms with Crippen LogP contribution in [0.3, 0.4) is 0 Å². The van der Waals surface area contributed by atoms with Crippen molar-refractivity contribution in [2.45, 2.75) is 0 Å². The average molecular weight is 1600 g/mol. The molecule has 25 aromatic rings. The second-order valence-corrected chi connectivity index (χ2v) is 33.4. The Morgan fingerprint density at radius 2 is 0.421 bits per heavy atom. The van der Waals surface area contributed by atoms with Gasteiger partial charge in [-0.1, -0.05) is 309 Å². The van der Waals surface area contributed by atoms with Crippen molar-refractivity contribution in [2.24, 2.45) is 0 Å². The highest BCUT2D eigenvalue weighted by Gasteiger charge is 2.24. The predicted octanol–water partition coefficient (Wildman–Crippen LogP) is 34.0. The third kappa shape index (κ3) is 12.1. The van der Waals surface area contributed by atoms with E-state index >= 15 is 0 Å². The van der Waals surface area contributed by atoms with Crippen molar-refractivity contribution >= 4 is 164 Å². The number of para-hydroxylation sites is 4. The number of aromatic nitrogens is 2. The second-order valence-electron chi connectivity index (χ2n) is 33.4. The zero-order valence-corrected chi connectivity index (χ0v) is 68.8. The highest BCUT2D eigenvalue weighted by Crippen LogP contribution is 2.48. The molecule has 0 saturated carbocycles. The van der Waals surface area contributed by atoms with Crippen molar-refractivity contribution in [1.29, 1.82) is 0 Å². The summed E-state index contributed by atoms with van der Waals surface area (Å²) in [6.45, 7) is 0. The molecule has 0 spiro atoms. The van der Waals surface area contributed by atoms with Gasteiger partial charge < -0.3 is 18.9 Å². The topological polar surface area (TPSA) is 16.3 Å². The Morgan fingerprint density at radius 1 is 0.127 bits per heavy atom. The molecule has 0 atom stereocenters. The SMILES string of the molecule is c1ccc(-n2c3ccccc3c3cc(-c4ccc(N(c5ccc(-c6cc7ccccc7c7cc(-c8ccc9c(c8)cc(-c8cccc(N(c%10ccc(-c%11cc%12ccccc%12c%12ccccc%11%12)cc%10)c%10ccc(-n%11c%12ccccc%12c%12ccccc%12%11)cc%10)c8)c8ccccc89)ccc67)cc5)c5cccc(-c6cc7ccccc7c7ccccc67)c5)cc4)ccc32)cc1. The summed E-state index contributed by atoms with van der Waals surface area (Å²) in [5.74, 6) is 0. The molecule has 0 radical (unpaired) electrons. The summed E-state index contributed by atoms with van der Waals surface area (Å²) < 4.78 is 4.78. The van der Waals surface area contributed by atoms with Crippen molar-refractivity contribution in [3.8, 4) is 78.1 Å². The third-order valence-corrected chi connectivity index (χ3v) is 26.4. The number of anilines is 6. The summed E-state index contributed by atoms with van der Waals surface area (Å²) in [5.41, 5.74) is 27.4. The predicted molar refractivity (Wildman–Crippen MR) is 537 cm³/mol. The van der Waals surface area contributed by atoms with E-state index in [4.69, 9.17) is 0 Å². The first-order valence-corrected chi connectivity index (χ1v) is 43.5. The molecule has 0 N–H and O–H groups in total. The number of rotatable bonds is 14. The van der Waals surface area contributed by atoms with Gasteiger partial charge in [-0.05, 0) is 317 Å². The normalized spacial score (nSPS) is 11.8. The molecule has 4 heteroatoms. The van der Waals surface area contributed by atoms with E-state index in [2.05, 4.69) is 492 Å². The van der Waals surface area contributed by atoms with Crippen LogP contribution < -0.4 is 9.80 Å². The molecule has 2 aromatic heterocycles. The quantitative estimate of drug-likeness (QED) is 0.101. The molecule has 25 rings (SSSR count). The van der Waals surface area contributed by atoms with Gasteiger partial charge in [0, 0.05) is 67.0 Å². The largest absolute Gasteiger partial charge is 0.310 e. The number of hydrogen-bond donors (Lipinski definition) is 0. The fourth-order valence-electron chi connectivity index (χ4n) is 20.5. The summed E-state index contributed by atoms with van der Waals surface area (Å²) in [6.07, 6.45) is 0. The molecule has 2 heterocycles. The van der Waals surface area contributed by atoms with Crippen LogP contribution in [0.25, 0.3) is 208 Å². The van der Waals surface area contributed by atoms with Gasteiger partial charge in [0.05, 0.1) is 22.1 Å². The van der Waals surface area contributed by atoms with E-state index in [-0.39, 0.29) is 0 Å². The molecule has 0 aliphatic heterocycles. The molecule has 0 amide bonds. The van der Waals surface area contributed by atoms with Gasteiger partial charge >= 0.3 is 0 Å². The highest BCUT2D eigenvalue weighted by atomic mass is 15.1. The molecular weight excluding hydrogens is 1520 g/mol. The van der Waals surface area contributed by atoms with E-state index in [1.165, 1.54) is 163 Å². The summed E-state index contributed by atoms with van der Waals surface area (Å²) in [4.78, 5) is 4.84. The van der Waals surface area contributed by atoms with Crippen LogP contribution in [-0.4, -0.2) is 9.13 Å². The number of fused-ring (bicyclic) bond motifs is 18. The monoisotopic (exact) mass is 1600 g/mol. The van der Waals surface area contributed by atoms with Gasteiger partial charge in [-0.15, -0.1) is 0 Å². The second kappa shape index (κ2) is 29.6. The van der Waals surface area contributed by atoms with E-state index in [9.17, 15) is 0 Å². The van der Waals surface area contributed by atoms with Gasteiger partial charge in [0.25, 0.3) is 0 Å². The minimum atomic E-state index is 1.06. The van der Waals surface area contributed by atoms with E-state index in [0.717, 1.165) is 78.9 Å². The van der Waals surface area contributed by atoms with Crippen LogP contribution in [-0.2, 0) is 0 Å². The maximum Gasteiger partial charge on any atom is 0.0541 e. The van der Waals surface area contributed by atoms with Crippen LogP contribution in [0.1, 0.15) is 0 Å². The first-order valence-electron chi connectivity index (χ1n) is 43.5.